The number of carbonyl (C=O) groups excluding carboxylic acids is 1. The van der Waals surface area contributed by atoms with Crippen LogP contribution in [0, 0.1) is 0 Å². The van der Waals surface area contributed by atoms with Gasteiger partial charge in [0.1, 0.15) is 0 Å². The van der Waals surface area contributed by atoms with Gasteiger partial charge in [-0.05, 0) is 94.7 Å². The average Bonchev–Trinajstić information content (AvgIpc) is 3.08. The second kappa shape index (κ2) is 13.1. The molecule has 1 aliphatic carbocycles. The molecule has 0 radical (unpaired) electrons. The summed E-state index contributed by atoms with van der Waals surface area (Å²) in [6.07, 6.45) is 13.4. The minimum Gasteiger partial charge on any atom is -0.351 e. The first kappa shape index (κ1) is 27.2. The number of nitrogens with zero attached hydrogens (tertiary/aromatic N) is 3. The van der Waals surface area contributed by atoms with Crippen LogP contribution in [0.1, 0.15) is 53.3 Å². The van der Waals surface area contributed by atoms with Crippen molar-refractivity contribution in [2.45, 2.75) is 50.7 Å². The van der Waals surface area contributed by atoms with Crippen molar-refractivity contribution in [1.29, 1.82) is 0 Å². The quantitative estimate of drug-likeness (QED) is 0.346. The highest BCUT2D eigenvalue weighted by molar-refractivity contribution is 9.10. The van der Waals surface area contributed by atoms with E-state index in [2.05, 4.69) is 62.5 Å². The zero-order valence-electron chi connectivity index (χ0n) is 20.9. The van der Waals surface area contributed by atoms with Crippen LogP contribution in [-0.4, -0.2) is 33.4 Å². The summed E-state index contributed by atoms with van der Waals surface area (Å²) in [5.41, 5.74) is 5.72. The summed E-state index contributed by atoms with van der Waals surface area (Å²) in [4.78, 5) is 24.8. The predicted octanol–water partition coefficient (Wildman–Crippen LogP) is 6.61. The first-order valence-electron chi connectivity index (χ1n) is 12.6. The molecule has 1 unspecified atom stereocenters. The molecule has 1 amide bonds. The Morgan fingerprint density at radius 1 is 1.14 bits per heavy atom. The number of fused-ring (bicyclic) bond motifs is 2. The van der Waals surface area contributed by atoms with E-state index in [0.29, 0.717) is 6.54 Å². The van der Waals surface area contributed by atoms with Crippen molar-refractivity contribution in [3.63, 3.8) is 0 Å². The number of allylic oxidation sites excluding steroid dienone is 2. The Labute approximate surface area is 232 Å². The van der Waals surface area contributed by atoms with Gasteiger partial charge in [0.25, 0.3) is 0 Å². The van der Waals surface area contributed by atoms with Crippen LogP contribution in [-0.2, 0) is 24.2 Å². The van der Waals surface area contributed by atoms with Gasteiger partial charge in [-0.2, -0.15) is 0 Å². The number of hydrogen-bond donors (Lipinski definition) is 1. The standard InChI is InChI=1S/C26H26BrClN4O.C4H6/c27-20-12-19-7-6-18-13-21(28)8-9-22(18)25(24(19)30-16-20)32-11-2-1-5-23(32)26(33)31-15-17-4-3-10-29-14-17;1-3-4-2/h3-4,8-10,12-14,16,23,25H,1-2,5-7,11,15H2,(H,31,33);3-4H,1-2H2/t23-,25?;/m0./s1. The van der Waals surface area contributed by atoms with Crippen LogP contribution >= 0.6 is 27.5 Å². The summed E-state index contributed by atoms with van der Waals surface area (Å²) in [6, 6.07) is 11.9. The van der Waals surface area contributed by atoms with Crippen LogP contribution in [0.5, 0.6) is 0 Å². The minimum atomic E-state index is -0.208. The van der Waals surface area contributed by atoms with E-state index in [0.717, 1.165) is 59.4 Å². The average molecular weight is 580 g/mol. The van der Waals surface area contributed by atoms with Crippen LogP contribution in [0.15, 0.2) is 84.8 Å². The van der Waals surface area contributed by atoms with Gasteiger partial charge in [0.05, 0.1) is 17.8 Å². The van der Waals surface area contributed by atoms with E-state index < -0.39 is 0 Å². The summed E-state index contributed by atoms with van der Waals surface area (Å²) in [5, 5.41) is 3.90. The Bertz CT molecular complexity index is 1190. The second-order valence-corrected chi connectivity index (χ2v) is 10.6. The Kier molecular flexibility index (Phi) is 9.67. The van der Waals surface area contributed by atoms with Crippen molar-refractivity contribution in [3.05, 3.63) is 118 Å². The fourth-order valence-electron chi connectivity index (χ4n) is 5.10. The monoisotopic (exact) mass is 578 g/mol. The van der Waals surface area contributed by atoms with Crippen molar-refractivity contribution >= 4 is 33.4 Å². The van der Waals surface area contributed by atoms with Crippen LogP contribution < -0.4 is 5.32 Å². The van der Waals surface area contributed by atoms with Gasteiger partial charge < -0.3 is 5.32 Å². The number of carbonyl (C=O) groups is 1. The van der Waals surface area contributed by atoms with Crippen LogP contribution in [0.2, 0.25) is 5.02 Å². The van der Waals surface area contributed by atoms with E-state index in [1.54, 1.807) is 24.5 Å². The topological polar surface area (TPSA) is 58.1 Å². The van der Waals surface area contributed by atoms with Gasteiger partial charge in [-0.15, -0.1) is 0 Å². The lowest BCUT2D eigenvalue weighted by Gasteiger charge is -2.41. The molecule has 0 bridgehead atoms. The number of amides is 1. The Morgan fingerprint density at radius 2 is 1.95 bits per heavy atom. The third-order valence-corrected chi connectivity index (χ3v) is 7.49. The summed E-state index contributed by atoms with van der Waals surface area (Å²) < 4.78 is 0.980. The van der Waals surface area contributed by atoms with Crippen molar-refractivity contribution < 1.29 is 4.79 Å². The van der Waals surface area contributed by atoms with Crippen molar-refractivity contribution in [2.24, 2.45) is 0 Å². The molecule has 2 aliphatic rings. The lowest BCUT2D eigenvalue weighted by molar-refractivity contribution is -0.128. The molecule has 2 atom stereocenters. The third kappa shape index (κ3) is 6.75. The number of aromatic nitrogens is 2. The summed E-state index contributed by atoms with van der Waals surface area (Å²) in [6.45, 7) is 8.06. The fourth-order valence-corrected chi connectivity index (χ4v) is 5.68. The molecule has 5 rings (SSSR count). The molecule has 1 aromatic carbocycles. The normalized spacial score (nSPS) is 18.8. The lowest BCUT2D eigenvalue weighted by atomic mass is 9.91. The van der Waals surface area contributed by atoms with Crippen LogP contribution in [0.4, 0.5) is 0 Å². The zero-order valence-corrected chi connectivity index (χ0v) is 23.2. The van der Waals surface area contributed by atoms with E-state index in [1.165, 1.54) is 16.7 Å². The highest BCUT2D eigenvalue weighted by Crippen LogP contribution is 2.40. The van der Waals surface area contributed by atoms with Crippen LogP contribution in [0.25, 0.3) is 0 Å². The number of likely N-dealkylation sites (tertiary alicyclic amines) is 1. The van der Waals surface area contributed by atoms with E-state index in [4.69, 9.17) is 16.6 Å². The predicted molar refractivity (Wildman–Crippen MR) is 153 cm³/mol. The van der Waals surface area contributed by atoms with Crippen molar-refractivity contribution in [3.8, 4) is 0 Å². The Balaban J connectivity index is 0.000000747. The summed E-state index contributed by atoms with van der Waals surface area (Å²) >= 11 is 9.96. The molecular formula is C30H32BrClN4O. The molecule has 2 aromatic heterocycles. The fraction of sp³-hybridized carbons (Fsp3) is 0.300. The number of hydrogen-bond acceptors (Lipinski definition) is 4. The van der Waals surface area contributed by atoms with E-state index in [1.807, 2.05) is 24.4 Å². The maximum Gasteiger partial charge on any atom is 0.237 e. The number of pyridine rings is 2. The molecule has 0 saturated carbocycles. The van der Waals surface area contributed by atoms with Gasteiger partial charge >= 0.3 is 0 Å². The molecule has 1 N–H and O–H groups in total. The first-order valence-corrected chi connectivity index (χ1v) is 13.8. The highest BCUT2D eigenvalue weighted by atomic mass is 79.9. The van der Waals surface area contributed by atoms with Gasteiger partial charge in [0.15, 0.2) is 0 Å². The van der Waals surface area contributed by atoms with Gasteiger partial charge in [0, 0.05) is 34.6 Å². The van der Waals surface area contributed by atoms with Gasteiger partial charge in [0.2, 0.25) is 5.91 Å². The molecule has 3 heterocycles. The lowest BCUT2D eigenvalue weighted by Crippen LogP contribution is -2.51. The SMILES string of the molecule is C=CC=C.O=C(NCc1cccnc1)[C@@H]1CCCCN1C1c2ccc(Cl)cc2CCc2cc(Br)cnc21. The molecule has 1 saturated heterocycles. The summed E-state index contributed by atoms with van der Waals surface area (Å²) in [5.74, 6) is 0.0666. The smallest absolute Gasteiger partial charge is 0.237 e. The van der Waals surface area contributed by atoms with Crippen LogP contribution in [0.3, 0.4) is 0 Å². The van der Waals surface area contributed by atoms with Gasteiger partial charge in [-0.25, -0.2) is 0 Å². The van der Waals surface area contributed by atoms with Crippen molar-refractivity contribution in [1.82, 2.24) is 20.2 Å². The Hall–Kier alpha value is -2.80. The molecule has 37 heavy (non-hydrogen) atoms. The first-order chi connectivity index (χ1) is 18.0. The van der Waals surface area contributed by atoms with Gasteiger partial charge in [-0.1, -0.05) is 55.5 Å². The molecule has 5 nitrogen and oxygen atoms in total. The van der Waals surface area contributed by atoms with Crippen molar-refractivity contribution in [2.75, 3.05) is 6.54 Å². The molecule has 0 spiro atoms. The summed E-state index contributed by atoms with van der Waals surface area (Å²) in [7, 11) is 0. The van der Waals surface area contributed by atoms with E-state index >= 15 is 0 Å². The van der Waals surface area contributed by atoms with Gasteiger partial charge in [-0.3, -0.25) is 19.7 Å². The largest absolute Gasteiger partial charge is 0.351 e. The molecule has 3 aromatic rings. The molecule has 1 fully saturated rings. The maximum atomic E-state index is 13.4. The molecule has 192 valence electrons. The van der Waals surface area contributed by atoms with E-state index in [-0.39, 0.29) is 18.0 Å². The minimum absolute atomic E-state index is 0.0666. The number of halogens is 2. The number of nitrogens with one attached hydrogen (secondary N) is 1. The number of aryl methyl sites for hydroxylation is 2. The number of rotatable bonds is 5. The molecule has 1 aliphatic heterocycles. The third-order valence-electron chi connectivity index (χ3n) is 6.83. The maximum absolute atomic E-state index is 13.4. The molecular weight excluding hydrogens is 548 g/mol. The zero-order chi connectivity index (χ0) is 26.2. The number of benzene rings is 1. The van der Waals surface area contributed by atoms with E-state index in [9.17, 15) is 4.79 Å². The second-order valence-electron chi connectivity index (χ2n) is 9.24. The highest BCUT2D eigenvalue weighted by Gasteiger charge is 2.38. The Morgan fingerprint density at radius 3 is 2.70 bits per heavy atom. The molecule has 7 heteroatoms. The number of piperidine rings is 1.